The van der Waals surface area contributed by atoms with E-state index in [1.165, 1.54) is 0 Å². The molecule has 0 N–H and O–H groups in total. The lowest BCUT2D eigenvalue weighted by molar-refractivity contribution is 0.0972. The van der Waals surface area contributed by atoms with E-state index in [0.717, 1.165) is 25.7 Å². The Bertz CT molecular complexity index is 124. The molecule has 0 aromatic rings. The van der Waals surface area contributed by atoms with Crippen molar-refractivity contribution in [3.63, 3.8) is 0 Å². The molecule has 0 rings (SSSR count). The largest absolute Gasteiger partial charge is 0.244 e. The van der Waals surface area contributed by atoms with Crippen molar-refractivity contribution in [2.24, 2.45) is 11.8 Å². The van der Waals surface area contributed by atoms with Crippen molar-refractivity contribution in [3.8, 4) is 0 Å². The predicted octanol–water partition coefficient (Wildman–Crippen LogP) is 4.59. The van der Waals surface area contributed by atoms with Gasteiger partial charge in [0.2, 0.25) is 0 Å². The van der Waals surface area contributed by atoms with Crippen molar-refractivity contribution in [1.82, 2.24) is 0 Å². The highest BCUT2D eigenvalue weighted by atomic mass is 19.1. The Labute approximate surface area is 82.9 Å². The molecule has 0 aliphatic carbocycles. The lowest BCUT2D eigenvalue weighted by atomic mass is 9.81. The van der Waals surface area contributed by atoms with Gasteiger partial charge in [0.15, 0.2) is 0 Å². The third-order valence-electron chi connectivity index (χ3n) is 2.99. The fourth-order valence-corrected chi connectivity index (χ4v) is 1.74. The Morgan fingerprint density at radius 2 is 1.77 bits per heavy atom. The Balaban J connectivity index is 4.10. The minimum atomic E-state index is -1.00. The van der Waals surface area contributed by atoms with Crippen LogP contribution in [0, 0.1) is 11.8 Å². The van der Waals surface area contributed by atoms with Gasteiger partial charge in [-0.2, -0.15) is 0 Å². The van der Waals surface area contributed by atoms with Crippen LogP contribution in [-0.4, -0.2) is 5.67 Å². The molecule has 2 atom stereocenters. The van der Waals surface area contributed by atoms with Crippen molar-refractivity contribution in [3.05, 3.63) is 0 Å². The van der Waals surface area contributed by atoms with Gasteiger partial charge in [-0.3, -0.25) is 0 Å². The maximum Gasteiger partial charge on any atom is 0.108 e. The first-order chi connectivity index (χ1) is 5.91. The van der Waals surface area contributed by atoms with Crippen LogP contribution in [0.25, 0.3) is 0 Å². The van der Waals surface area contributed by atoms with Gasteiger partial charge in [-0.15, -0.1) is 0 Å². The smallest absolute Gasteiger partial charge is 0.108 e. The van der Waals surface area contributed by atoms with Gasteiger partial charge in [-0.25, -0.2) is 4.39 Å². The number of rotatable bonds is 6. The van der Waals surface area contributed by atoms with E-state index in [-0.39, 0.29) is 5.92 Å². The summed E-state index contributed by atoms with van der Waals surface area (Å²) in [5, 5.41) is 0. The van der Waals surface area contributed by atoms with Crippen LogP contribution >= 0.6 is 0 Å². The van der Waals surface area contributed by atoms with Gasteiger partial charge in [-0.1, -0.05) is 33.6 Å². The SMILES string of the molecule is CCC[C@@H](CC(C)CC)C(C)(C)F. The van der Waals surface area contributed by atoms with Crippen LogP contribution in [0.3, 0.4) is 0 Å². The summed E-state index contributed by atoms with van der Waals surface area (Å²) in [6, 6.07) is 0. The highest BCUT2D eigenvalue weighted by Gasteiger charge is 2.28. The molecule has 1 unspecified atom stereocenters. The van der Waals surface area contributed by atoms with Crippen LogP contribution < -0.4 is 0 Å². The topological polar surface area (TPSA) is 0 Å². The molecule has 0 aliphatic heterocycles. The zero-order valence-corrected chi connectivity index (χ0v) is 9.86. The maximum atomic E-state index is 13.7. The monoisotopic (exact) mass is 188 g/mol. The van der Waals surface area contributed by atoms with E-state index in [2.05, 4.69) is 20.8 Å². The molecule has 0 heterocycles. The van der Waals surface area contributed by atoms with Crippen LogP contribution in [-0.2, 0) is 0 Å². The quantitative estimate of drug-likeness (QED) is 0.572. The predicted molar refractivity (Wildman–Crippen MR) is 57.7 cm³/mol. The minimum Gasteiger partial charge on any atom is -0.244 e. The molecule has 0 aromatic heterocycles. The van der Waals surface area contributed by atoms with E-state index in [1.54, 1.807) is 13.8 Å². The van der Waals surface area contributed by atoms with Gasteiger partial charge in [0.1, 0.15) is 5.67 Å². The highest BCUT2D eigenvalue weighted by Crippen LogP contribution is 2.32. The van der Waals surface area contributed by atoms with Crippen molar-refractivity contribution in [2.75, 3.05) is 0 Å². The van der Waals surface area contributed by atoms with Gasteiger partial charge in [-0.05, 0) is 38.5 Å². The standard InChI is InChI=1S/C12H25F/c1-6-8-11(12(4,5)13)9-10(3)7-2/h10-11H,6-9H2,1-5H3/t10?,11-/m0/s1. The van der Waals surface area contributed by atoms with E-state index < -0.39 is 5.67 Å². The van der Waals surface area contributed by atoms with Gasteiger partial charge >= 0.3 is 0 Å². The summed E-state index contributed by atoms with van der Waals surface area (Å²) in [5.41, 5.74) is -1.00. The molecule has 0 radical (unpaired) electrons. The Morgan fingerprint density at radius 1 is 1.23 bits per heavy atom. The molecule has 0 amide bonds. The van der Waals surface area contributed by atoms with Crippen molar-refractivity contribution < 1.29 is 4.39 Å². The summed E-state index contributed by atoms with van der Waals surface area (Å²) in [6.45, 7) is 9.97. The molecule has 0 aromatic carbocycles. The van der Waals surface area contributed by atoms with Crippen LogP contribution in [0.1, 0.15) is 60.3 Å². The molecular formula is C12H25F. The van der Waals surface area contributed by atoms with Crippen LogP contribution in [0.4, 0.5) is 4.39 Å². The van der Waals surface area contributed by atoms with E-state index >= 15 is 0 Å². The van der Waals surface area contributed by atoms with E-state index in [1.807, 2.05) is 0 Å². The summed E-state index contributed by atoms with van der Waals surface area (Å²) >= 11 is 0. The second kappa shape index (κ2) is 5.62. The molecule has 0 fully saturated rings. The summed E-state index contributed by atoms with van der Waals surface area (Å²) in [7, 11) is 0. The summed E-state index contributed by atoms with van der Waals surface area (Å²) in [6.07, 6.45) is 4.31. The number of halogens is 1. The van der Waals surface area contributed by atoms with Crippen molar-refractivity contribution in [2.45, 2.75) is 66.0 Å². The van der Waals surface area contributed by atoms with Gasteiger partial charge in [0.25, 0.3) is 0 Å². The highest BCUT2D eigenvalue weighted by molar-refractivity contribution is 4.78. The molecule has 80 valence electrons. The normalized spacial score (nSPS) is 17.1. The summed E-state index contributed by atoms with van der Waals surface area (Å²) in [4.78, 5) is 0. The Kier molecular flexibility index (Phi) is 5.59. The first kappa shape index (κ1) is 12.9. The average Bonchev–Trinajstić information content (AvgIpc) is 2.01. The second-order valence-electron chi connectivity index (χ2n) is 4.80. The molecule has 13 heavy (non-hydrogen) atoms. The molecule has 0 saturated heterocycles. The molecule has 1 heteroatoms. The van der Waals surface area contributed by atoms with E-state index in [0.29, 0.717) is 5.92 Å². The second-order valence-corrected chi connectivity index (χ2v) is 4.80. The summed E-state index contributed by atoms with van der Waals surface area (Å²) < 4.78 is 13.7. The van der Waals surface area contributed by atoms with Gasteiger partial charge in [0, 0.05) is 0 Å². The first-order valence-corrected chi connectivity index (χ1v) is 5.60. The van der Waals surface area contributed by atoms with Crippen molar-refractivity contribution >= 4 is 0 Å². The molecule has 0 nitrogen and oxygen atoms in total. The van der Waals surface area contributed by atoms with E-state index in [9.17, 15) is 4.39 Å². The third kappa shape index (κ3) is 5.28. The van der Waals surface area contributed by atoms with Crippen LogP contribution in [0.5, 0.6) is 0 Å². The average molecular weight is 188 g/mol. The molecule has 0 bridgehead atoms. The third-order valence-corrected chi connectivity index (χ3v) is 2.99. The maximum absolute atomic E-state index is 13.7. The van der Waals surface area contributed by atoms with Gasteiger partial charge < -0.3 is 0 Å². The summed E-state index contributed by atoms with van der Waals surface area (Å²) in [5.74, 6) is 0.902. The van der Waals surface area contributed by atoms with Crippen molar-refractivity contribution in [1.29, 1.82) is 0 Å². The fourth-order valence-electron chi connectivity index (χ4n) is 1.74. The molecule has 0 spiro atoms. The molecule has 0 saturated carbocycles. The minimum absolute atomic E-state index is 0.243. The molecule has 0 aliphatic rings. The van der Waals surface area contributed by atoms with Crippen LogP contribution in [0.2, 0.25) is 0 Å². The van der Waals surface area contributed by atoms with Gasteiger partial charge in [0.05, 0.1) is 0 Å². The van der Waals surface area contributed by atoms with Crippen LogP contribution in [0.15, 0.2) is 0 Å². The fraction of sp³-hybridized carbons (Fsp3) is 1.00. The zero-order valence-electron chi connectivity index (χ0n) is 9.86. The Morgan fingerprint density at radius 3 is 2.08 bits per heavy atom. The first-order valence-electron chi connectivity index (χ1n) is 5.60. The van der Waals surface area contributed by atoms with E-state index in [4.69, 9.17) is 0 Å². The molecular weight excluding hydrogens is 163 g/mol. The Hall–Kier alpha value is -0.0700. The number of alkyl halides is 1. The number of hydrogen-bond donors (Lipinski definition) is 0. The lowest BCUT2D eigenvalue weighted by Gasteiger charge is -2.28. The lowest BCUT2D eigenvalue weighted by Crippen LogP contribution is -2.27. The zero-order chi connectivity index (χ0) is 10.5. The number of hydrogen-bond acceptors (Lipinski definition) is 0.